The van der Waals surface area contributed by atoms with Crippen molar-refractivity contribution in [2.75, 3.05) is 13.2 Å². The van der Waals surface area contributed by atoms with E-state index in [0.29, 0.717) is 6.54 Å². The highest BCUT2D eigenvalue weighted by Crippen LogP contribution is 2.20. The third-order valence-corrected chi connectivity index (χ3v) is 4.26. The van der Waals surface area contributed by atoms with E-state index in [2.05, 4.69) is 15.6 Å². The Labute approximate surface area is 149 Å². The minimum absolute atomic E-state index is 0.0980. The first-order valence-electron chi connectivity index (χ1n) is 8.65. The molecule has 0 aliphatic heterocycles. The molecular formula is C19H28N4O2. The summed E-state index contributed by atoms with van der Waals surface area (Å²) in [6.07, 6.45) is 7.08. The number of nitrogens with one attached hydrogen (secondary N) is 2. The first-order valence-corrected chi connectivity index (χ1v) is 8.65. The van der Waals surface area contributed by atoms with Crippen molar-refractivity contribution in [2.45, 2.75) is 39.7 Å². The molecule has 3 N–H and O–H groups in total. The Morgan fingerprint density at radius 2 is 2.20 bits per heavy atom. The molecule has 2 rings (SSSR count). The third kappa shape index (κ3) is 5.90. The topological polar surface area (TPSA) is 79.2 Å². The Kier molecular flexibility index (Phi) is 6.58. The van der Waals surface area contributed by atoms with Crippen LogP contribution in [0.1, 0.15) is 45.2 Å². The molecule has 0 saturated heterocycles. The average Bonchev–Trinajstić information content (AvgIpc) is 3.13. The minimum atomic E-state index is -0.178. The van der Waals surface area contributed by atoms with Gasteiger partial charge < -0.3 is 20.3 Å². The number of amides is 2. The number of imidazole rings is 1. The molecule has 0 aliphatic carbocycles. The maximum absolute atomic E-state index is 12.0. The fourth-order valence-electron chi connectivity index (χ4n) is 2.55. The molecule has 0 aliphatic rings. The van der Waals surface area contributed by atoms with Gasteiger partial charge >= 0.3 is 6.03 Å². The summed E-state index contributed by atoms with van der Waals surface area (Å²) in [7, 11) is 0. The number of hydrogen-bond acceptors (Lipinski definition) is 3. The molecule has 1 atom stereocenters. The maximum Gasteiger partial charge on any atom is 0.315 e. The molecule has 1 heterocycles. The summed E-state index contributed by atoms with van der Waals surface area (Å²) in [5.41, 5.74) is 1.94. The average molecular weight is 344 g/mol. The summed E-state index contributed by atoms with van der Waals surface area (Å²) < 4.78 is 1.93. The zero-order chi connectivity index (χ0) is 18.3. The van der Waals surface area contributed by atoms with Crippen LogP contribution in [0.15, 0.2) is 43.0 Å². The Morgan fingerprint density at radius 1 is 1.40 bits per heavy atom. The van der Waals surface area contributed by atoms with Gasteiger partial charge in [0.1, 0.15) is 0 Å². The van der Waals surface area contributed by atoms with Crippen LogP contribution < -0.4 is 10.6 Å². The molecule has 0 saturated carbocycles. The van der Waals surface area contributed by atoms with E-state index in [4.69, 9.17) is 0 Å². The van der Waals surface area contributed by atoms with Crippen LogP contribution in [0.4, 0.5) is 4.79 Å². The van der Waals surface area contributed by atoms with Crippen LogP contribution >= 0.6 is 0 Å². The first kappa shape index (κ1) is 19.0. The van der Waals surface area contributed by atoms with Crippen molar-refractivity contribution in [1.82, 2.24) is 20.2 Å². The van der Waals surface area contributed by atoms with Crippen LogP contribution in [0.25, 0.3) is 5.69 Å². The Bertz CT molecular complexity index is 668. The number of carbonyl (C=O) groups excluding carboxylic acids is 1. The lowest BCUT2D eigenvalue weighted by Gasteiger charge is -2.21. The van der Waals surface area contributed by atoms with Crippen LogP contribution in [0.3, 0.4) is 0 Å². The van der Waals surface area contributed by atoms with E-state index in [1.807, 2.05) is 55.8 Å². The molecule has 1 aromatic carbocycles. The maximum atomic E-state index is 12.0. The van der Waals surface area contributed by atoms with E-state index < -0.39 is 0 Å². The molecule has 0 fully saturated rings. The standard InChI is InChI=1S/C19H28N4O2/c1-15(22-18(25)21-9-5-8-19(2,3)13-24)16-6-4-7-17(12-16)23-11-10-20-14-23/h4,6-7,10-12,14-15,24H,5,8-9,13H2,1-3H3,(H2,21,22,25). The van der Waals surface area contributed by atoms with Crippen molar-refractivity contribution in [3.05, 3.63) is 48.5 Å². The van der Waals surface area contributed by atoms with Gasteiger partial charge in [0.15, 0.2) is 0 Å². The lowest BCUT2D eigenvalue weighted by Crippen LogP contribution is -2.37. The highest BCUT2D eigenvalue weighted by molar-refractivity contribution is 5.74. The number of aromatic nitrogens is 2. The van der Waals surface area contributed by atoms with E-state index in [1.165, 1.54) is 0 Å². The van der Waals surface area contributed by atoms with Crippen LogP contribution in [0.5, 0.6) is 0 Å². The number of nitrogens with zero attached hydrogens (tertiary/aromatic N) is 2. The van der Waals surface area contributed by atoms with E-state index >= 15 is 0 Å². The van der Waals surface area contributed by atoms with E-state index in [9.17, 15) is 9.90 Å². The predicted molar refractivity (Wildman–Crippen MR) is 98.6 cm³/mol. The summed E-state index contributed by atoms with van der Waals surface area (Å²) in [5, 5.41) is 15.1. The quantitative estimate of drug-likeness (QED) is 0.644. The second-order valence-corrected chi connectivity index (χ2v) is 7.11. The van der Waals surface area contributed by atoms with Crippen molar-refractivity contribution in [2.24, 2.45) is 5.41 Å². The van der Waals surface area contributed by atoms with Gasteiger partial charge in [0.05, 0.1) is 12.4 Å². The number of hydrogen-bond donors (Lipinski definition) is 3. The normalized spacial score (nSPS) is 12.6. The number of benzene rings is 1. The molecule has 6 nitrogen and oxygen atoms in total. The molecular weight excluding hydrogens is 316 g/mol. The van der Waals surface area contributed by atoms with Gasteiger partial charge in [0, 0.05) is 31.2 Å². The lowest BCUT2D eigenvalue weighted by atomic mass is 9.89. The van der Waals surface area contributed by atoms with Crippen molar-refractivity contribution in [3.63, 3.8) is 0 Å². The van der Waals surface area contributed by atoms with Gasteiger partial charge in [-0.3, -0.25) is 0 Å². The minimum Gasteiger partial charge on any atom is -0.396 e. The van der Waals surface area contributed by atoms with Gasteiger partial charge in [-0.25, -0.2) is 9.78 Å². The fourth-order valence-corrected chi connectivity index (χ4v) is 2.55. The third-order valence-electron chi connectivity index (χ3n) is 4.26. The molecule has 136 valence electrons. The number of aliphatic hydroxyl groups is 1. The molecule has 6 heteroatoms. The van der Waals surface area contributed by atoms with Crippen LogP contribution in [-0.4, -0.2) is 33.8 Å². The second-order valence-electron chi connectivity index (χ2n) is 7.11. The molecule has 25 heavy (non-hydrogen) atoms. The van der Waals surface area contributed by atoms with Crippen molar-refractivity contribution >= 4 is 6.03 Å². The van der Waals surface area contributed by atoms with Crippen LogP contribution in [-0.2, 0) is 0 Å². The molecule has 2 amide bonds. The smallest absolute Gasteiger partial charge is 0.315 e. The van der Waals surface area contributed by atoms with Crippen LogP contribution in [0.2, 0.25) is 0 Å². The highest BCUT2D eigenvalue weighted by atomic mass is 16.3. The summed E-state index contributed by atoms with van der Waals surface area (Å²) in [5.74, 6) is 0. The van der Waals surface area contributed by atoms with Crippen molar-refractivity contribution in [3.8, 4) is 5.69 Å². The van der Waals surface area contributed by atoms with Crippen molar-refractivity contribution in [1.29, 1.82) is 0 Å². The van der Waals surface area contributed by atoms with E-state index in [0.717, 1.165) is 24.1 Å². The van der Waals surface area contributed by atoms with Gasteiger partial charge in [-0.05, 0) is 42.9 Å². The summed E-state index contributed by atoms with van der Waals surface area (Å²) in [6.45, 7) is 6.74. The summed E-state index contributed by atoms with van der Waals surface area (Å²) >= 11 is 0. The molecule has 0 bridgehead atoms. The van der Waals surface area contributed by atoms with Crippen molar-refractivity contribution < 1.29 is 9.90 Å². The zero-order valence-corrected chi connectivity index (χ0v) is 15.2. The Hall–Kier alpha value is -2.34. The number of aliphatic hydroxyl groups excluding tert-OH is 1. The molecule has 0 spiro atoms. The number of urea groups is 1. The number of rotatable bonds is 8. The van der Waals surface area contributed by atoms with Gasteiger partial charge in [-0.1, -0.05) is 26.0 Å². The molecule has 2 aromatic rings. The first-order chi connectivity index (χ1) is 11.9. The highest BCUT2D eigenvalue weighted by Gasteiger charge is 2.16. The lowest BCUT2D eigenvalue weighted by molar-refractivity contribution is 0.148. The van der Waals surface area contributed by atoms with Crippen LogP contribution in [0, 0.1) is 5.41 Å². The Morgan fingerprint density at radius 3 is 2.88 bits per heavy atom. The second kappa shape index (κ2) is 8.67. The summed E-state index contributed by atoms with van der Waals surface area (Å²) in [4.78, 5) is 16.1. The van der Waals surface area contributed by atoms with E-state index in [-0.39, 0.29) is 24.1 Å². The molecule has 0 radical (unpaired) electrons. The molecule has 1 unspecified atom stereocenters. The van der Waals surface area contributed by atoms with E-state index in [1.54, 1.807) is 12.5 Å². The largest absolute Gasteiger partial charge is 0.396 e. The summed E-state index contributed by atoms with van der Waals surface area (Å²) in [6, 6.07) is 7.73. The van der Waals surface area contributed by atoms with Gasteiger partial charge in [0.2, 0.25) is 0 Å². The Balaban J connectivity index is 1.82. The molecule has 1 aromatic heterocycles. The van der Waals surface area contributed by atoms with Gasteiger partial charge in [-0.15, -0.1) is 0 Å². The van der Waals surface area contributed by atoms with Gasteiger partial charge in [-0.2, -0.15) is 0 Å². The fraction of sp³-hybridized carbons (Fsp3) is 0.474. The predicted octanol–water partition coefficient (Wildman–Crippen LogP) is 3.03. The SMILES string of the molecule is CC(NC(=O)NCCCC(C)(C)CO)c1cccc(-n2ccnc2)c1. The number of carbonyl (C=O) groups is 1. The zero-order valence-electron chi connectivity index (χ0n) is 15.2. The van der Waals surface area contributed by atoms with Gasteiger partial charge in [0.25, 0.3) is 0 Å². The monoisotopic (exact) mass is 344 g/mol.